The lowest BCUT2D eigenvalue weighted by atomic mass is 9.91. The molecule has 0 heterocycles. The molecular formula is C23H48OSi. The lowest BCUT2D eigenvalue weighted by molar-refractivity contribution is 0.356. The summed E-state index contributed by atoms with van der Waals surface area (Å²) in [6, 6.07) is 0. The number of allylic oxidation sites excluding steroid dienone is 1. The van der Waals surface area contributed by atoms with Crippen LogP contribution in [0.4, 0.5) is 0 Å². The zero-order valence-electron chi connectivity index (χ0n) is 18.8. The average molecular weight is 369 g/mol. The molecule has 0 aromatic rings. The van der Waals surface area contributed by atoms with Crippen molar-refractivity contribution in [1.82, 2.24) is 0 Å². The SMILES string of the molecule is C/C(=C\CO[Si](C)(C)C)CCC[C@@H](C)CCC[C@@H](C)CCCC(C)C. The molecule has 0 aliphatic carbocycles. The van der Waals surface area contributed by atoms with E-state index in [-0.39, 0.29) is 0 Å². The third-order valence-corrected chi connectivity index (χ3v) is 6.12. The zero-order chi connectivity index (χ0) is 19.3. The topological polar surface area (TPSA) is 9.23 Å². The van der Waals surface area contributed by atoms with Gasteiger partial charge in [0.05, 0.1) is 6.61 Å². The minimum atomic E-state index is -1.36. The van der Waals surface area contributed by atoms with E-state index in [0.717, 1.165) is 24.4 Å². The van der Waals surface area contributed by atoms with Gasteiger partial charge in [-0.05, 0) is 57.2 Å². The summed E-state index contributed by atoms with van der Waals surface area (Å²) >= 11 is 0. The average Bonchev–Trinajstić information content (AvgIpc) is 2.45. The fourth-order valence-corrected chi connectivity index (χ4v) is 3.83. The molecule has 0 fully saturated rings. The van der Waals surface area contributed by atoms with Gasteiger partial charge < -0.3 is 4.43 Å². The molecule has 0 bridgehead atoms. The van der Waals surface area contributed by atoms with Gasteiger partial charge in [-0.15, -0.1) is 0 Å². The largest absolute Gasteiger partial charge is 0.414 e. The lowest BCUT2D eigenvalue weighted by Crippen LogP contribution is -2.25. The molecule has 0 N–H and O–H groups in total. The molecular weight excluding hydrogens is 320 g/mol. The molecule has 25 heavy (non-hydrogen) atoms. The first kappa shape index (κ1) is 24.9. The van der Waals surface area contributed by atoms with Crippen molar-refractivity contribution >= 4 is 8.32 Å². The van der Waals surface area contributed by atoms with Crippen molar-refractivity contribution in [3.63, 3.8) is 0 Å². The lowest BCUT2D eigenvalue weighted by Gasteiger charge is -2.16. The summed E-state index contributed by atoms with van der Waals surface area (Å²) < 4.78 is 5.91. The van der Waals surface area contributed by atoms with E-state index in [2.05, 4.69) is 60.3 Å². The summed E-state index contributed by atoms with van der Waals surface area (Å²) in [5.41, 5.74) is 1.50. The van der Waals surface area contributed by atoms with E-state index in [4.69, 9.17) is 4.43 Å². The van der Waals surface area contributed by atoms with E-state index in [0.29, 0.717) is 0 Å². The van der Waals surface area contributed by atoms with Gasteiger partial charge in [-0.2, -0.15) is 0 Å². The van der Waals surface area contributed by atoms with Crippen LogP contribution in [0.3, 0.4) is 0 Å². The van der Waals surface area contributed by atoms with Crippen LogP contribution in [0.5, 0.6) is 0 Å². The molecule has 2 heteroatoms. The van der Waals surface area contributed by atoms with Gasteiger partial charge in [0.15, 0.2) is 8.32 Å². The predicted octanol–water partition coefficient (Wildman–Crippen LogP) is 8.22. The highest BCUT2D eigenvalue weighted by Gasteiger charge is 2.12. The molecule has 0 saturated carbocycles. The second-order valence-corrected chi connectivity index (χ2v) is 14.3. The Hall–Kier alpha value is -0.0831. The molecule has 0 radical (unpaired) electrons. The standard InChI is InChI=1S/C23H48OSi/c1-20(2)12-9-13-21(3)14-10-15-22(4)16-11-17-23(5)18-19-24-25(6,7)8/h18,20-22H,9-17,19H2,1-8H3/b23-18+/t21-,22-/m0/s1. The van der Waals surface area contributed by atoms with Crippen LogP contribution in [0.25, 0.3) is 0 Å². The van der Waals surface area contributed by atoms with Crippen LogP contribution in [0.2, 0.25) is 19.6 Å². The van der Waals surface area contributed by atoms with Crippen molar-refractivity contribution in [2.24, 2.45) is 17.8 Å². The summed E-state index contributed by atoms with van der Waals surface area (Å²) in [5, 5.41) is 0. The molecule has 0 aliphatic rings. The molecule has 150 valence electrons. The minimum absolute atomic E-state index is 0.811. The first-order valence-corrected chi connectivity index (χ1v) is 14.3. The van der Waals surface area contributed by atoms with E-state index < -0.39 is 8.32 Å². The van der Waals surface area contributed by atoms with Crippen LogP contribution in [0.15, 0.2) is 11.6 Å². The molecule has 0 saturated heterocycles. The predicted molar refractivity (Wildman–Crippen MR) is 118 cm³/mol. The smallest absolute Gasteiger partial charge is 0.184 e. The maximum atomic E-state index is 5.91. The third-order valence-electron chi connectivity index (χ3n) is 5.09. The quantitative estimate of drug-likeness (QED) is 0.209. The Labute approximate surface area is 161 Å². The van der Waals surface area contributed by atoms with Crippen molar-refractivity contribution in [1.29, 1.82) is 0 Å². The molecule has 0 aliphatic heterocycles. The van der Waals surface area contributed by atoms with E-state index in [1.165, 1.54) is 63.4 Å². The fraction of sp³-hybridized carbons (Fsp3) is 0.913. The summed E-state index contributed by atoms with van der Waals surface area (Å²) in [6.07, 6.45) is 14.7. The van der Waals surface area contributed by atoms with Crippen molar-refractivity contribution in [2.45, 2.75) is 112 Å². The van der Waals surface area contributed by atoms with Gasteiger partial charge in [-0.3, -0.25) is 0 Å². The number of rotatable bonds is 15. The second-order valence-electron chi connectivity index (χ2n) is 9.83. The van der Waals surface area contributed by atoms with Crippen LogP contribution in [0, 0.1) is 17.8 Å². The molecule has 0 rings (SSSR count). The minimum Gasteiger partial charge on any atom is -0.414 e. The Morgan fingerprint density at radius 3 is 1.76 bits per heavy atom. The summed E-state index contributed by atoms with van der Waals surface area (Å²) in [7, 11) is -1.36. The third kappa shape index (κ3) is 18.5. The molecule has 0 aromatic carbocycles. The van der Waals surface area contributed by atoms with E-state index in [9.17, 15) is 0 Å². The Balaban J connectivity index is 3.66. The fourth-order valence-electron chi connectivity index (χ4n) is 3.24. The van der Waals surface area contributed by atoms with Gasteiger partial charge in [-0.1, -0.05) is 84.3 Å². The summed E-state index contributed by atoms with van der Waals surface area (Å²) in [5.74, 6) is 2.67. The highest BCUT2D eigenvalue weighted by Crippen LogP contribution is 2.22. The van der Waals surface area contributed by atoms with Crippen molar-refractivity contribution < 1.29 is 4.43 Å². The van der Waals surface area contributed by atoms with Crippen LogP contribution in [-0.2, 0) is 4.43 Å². The van der Waals surface area contributed by atoms with Gasteiger partial charge >= 0.3 is 0 Å². The molecule has 0 spiro atoms. The Morgan fingerprint density at radius 1 is 0.800 bits per heavy atom. The summed E-state index contributed by atoms with van der Waals surface area (Å²) in [4.78, 5) is 0. The Bertz CT molecular complexity index is 340. The van der Waals surface area contributed by atoms with Gasteiger partial charge in [0.2, 0.25) is 0 Å². The van der Waals surface area contributed by atoms with E-state index in [1.54, 1.807) is 0 Å². The monoisotopic (exact) mass is 368 g/mol. The normalized spacial score (nSPS) is 15.6. The molecule has 0 unspecified atom stereocenters. The van der Waals surface area contributed by atoms with Crippen LogP contribution in [-0.4, -0.2) is 14.9 Å². The van der Waals surface area contributed by atoms with E-state index >= 15 is 0 Å². The van der Waals surface area contributed by atoms with Crippen LogP contribution >= 0.6 is 0 Å². The van der Waals surface area contributed by atoms with Crippen LogP contribution in [0.1, 0.15) is 92.4 Å². The van der Waals surface area contributed by atoms with Gasteiger partial charge in [0, 0.05) is 0 Å². The first-order chi connectivity index (χ1) is 11.6. The summed E-state index contributed by atoms with van der Waals surface area (Å²) in [6.45, 7) is 19.4. The number of hydrogen-bond donors (Lipinski definition) is 0. The zero-order valence-corrected chi connectivity index (χ0v) is 19.8. The van der Waals surface area contributed by atoms with E-state index in [1.807, 2.05) is 0 Å². The van der Waals surface area contributed by atoms with Gasteiger partial charge in [-0.25, -0.2) is 0 Å². The van der Waals surface area contributed by atoms with Gasteiger partial charge in [0.1, 0.15) is 0 Å². The molecule has 0 aromatic heterocycles. The second kappa shape index (κ2) is 14.0. The highest BCUT2D eigenvalue weighted by molar-refractivity contribution is 6.69. The van der Waals surface area contributed by atoms with Crippen molar-refractivity contribution in [3.05, 3.63) is 11.6 Å². The Kier molecular flexibility index (Phi) is 14.0. The first-order valence-electron chi connectivity index (χ1n) is 10.9. The molecule has 1 nitrogen and oxygen atoms in total. The molecule has 0 amide bonds. The highest BCUT2D eigenvalue weighted by atomic mass is 28.4. The number of hydrogen-bond acceptors (Lipinski definition) is 1. The van der Waals surface area contributed by atoms with Crippen molar-refractivity contribution in [3.8, 4) is 0 Å². The van der Waals surface area contributed by atoms with Crippen LogP contribution < -0.4 is 0 Å². The van der Waals surface area contributed by atoms with Crippen molar-refractivity contribution in [2.75, 3.05) is 6.61 Å². The van der Waals surface area contributed by atoms with Gasteiger partial charge in [0.25, 0.3) is 0 Å². The Morgan fingerprint density at radius 2 is 1.28 bits per heavy atom. The molecule has 2 atom stereocenters. The maximum absolute atomic E-state index is 5.91. The maximum Gasteiger partial charge on any atom is 0.184 e.